The van der Waals surface area contributed by atoms with Crippen molar-refractivity contribution < 1.29 is 4.79 Å². The van der Waals surface area contributed by atoms with Gasteiger partial charge in [-0.2, -0.15) is 0 Å². The Balaban J connectivity index is 2.39. The molecule has 1 amide bonds. The van der Waals surface area contributed by atoms with E-state index in [4.69, 9.17) is 11.6 Å². The lowest BCUT2D eigenvalue weighted by atomic mass is 10.1. The zero-order valence-electron chi connectivity index (χ0n) is 14.9. The third-order valence-electron chi connectivity index (χ3n) is 3.62. The normalized spacial score (nSPS) is 12.6. The van der Waals surface area contributed by atoms with Gasteiger partial charge in [-0.15, -0.1) is 0 Å². The van der Waals surface area contributed by atoms with Gasteiger partial charge >= 0.3 is 0 Å². The first-order valence-corrected chi connectivity index (χ1v) is 8.99. The number of carbonyl (C=O) groups excluding carboxylic acids is 1. The second-order valence-corrected chi connectivity index (χ2v) is 6.06. The van der Waals surface area contributed by atoms with Gasteiger partial charge in [0.25, 0.3) is 0 Å². The van der Waals surface area contributed by atoms with Gasteiger partial charge in [-0.05, 0) is 38.3 Å². The topological polar surface area (TPSA) is 65.5 Å². The molecule has 24 heavy (non-hydrogen) atoms. The predicted octanol–water partition coefficient (Wildman–Crippen LogP) is 2.74. The van der Waals surface area contributed by atoms with Crippen LogP contribution in [-0.2, 0) is 11.2 Å². The zero-order valence-corrected chi connectivity index (χ0v) is 15.6. The first kappa shape index (κ1) is 20.3. The summed E-state index contributed by atoms with van der Waals surface area (Å²) in [6, 6.07) is 8.04. The van der Waals surface area contributed by atoms with Crippen LogP contribution in [0.4, 0.5) is 0 Å². The summed E-state index contributed by atoms with van der Waals surface area (Å²) in [6.45, 7) is 8.03. The minimum Gasteiger partial charge on any atom is -0.357 e. The first-order chi connectivity index (χ1) is 11.6. The van der Waals surface area contributed by atoms with Gasteiger partial charge in [-0.25, -0.2) is 0 Å². The summed E-state index contributed by atoms with van der Waals surface area (Å²) in [5.41, 5.74) is 1.11. The number of amides is 1. The van der Waals surface area contributed by atoms with E-state index in [0.717, 1.165) is 42.5 Å². The summed E-state index contributed by atoms with van der Waals surface area (Å²) in [6.07, 6.45) is 2.14. The molecule has 3 N–H and O–H groups in total. The van der Waals surface area contributed by atoms with Crippen LogP contribution in [0.2, 0.25) is 5.02 Å². The van der Waals surface area contributed by atoms with E-state index in [2.05, 4.69) is 27.9 Å². The Bertz CT molecular complexity index is 534. The third kappa shape index (κ3) is 8.20. The lowest BCUT2D eigenvalue weighted by Crippen LogP contribution is -2.38. The molecule has 0 spiro atoms. The van der Waals surface area contributed by atoms with E-state index in [0.29, 0.717) is 13.0 Å². The fraction of sp³-hybridized carbons (Fsp3) is 0.556. The average molecular weight is 353 g/mol. The fourth-order valence-electron chi connectivity index (χ4n) is 2.08. The molecule has 0 radical (unpaired) electrons. The van der Waals surface area contributed by atoms with Crippen LogP contribution < -0.4 is 16.0 Å². The van der Waals surface area contributed by atoms with E-state index in [1.54, 1.807) is 0 Å². The predicted molar refractivity (Wildman–Crippen MR) is 102 cm³/mol. The molecule has 0 saturated heterocycles. The Hall–Kier alpha value is -1.75. The highest BCUT2D eigenvalue weighted by Crippen LogP contribution is 2.14. The number of hydrogen-bond acceptors (Lipinski definition) is 2. The second kappa shape index (κ2) is 11.7. The minimum atomic E-state index is 0.0417. The van der Waals surface area contributed by atoms with Crippen molar-refractivity contribution in [1.82, 2.24) is 16.0 Å². The lowest BCUT2D eigenvalue weighted by molar-refractivity contribution is -0.121. The van der Waals surface area contributed by atoms with Gasteiger partial charge in [0.15, 0.2) is 5.96 Å². The summed E-state index contributed by atoms with van der Waals surface area (Å²) in [4.78, 5) is 16.2. The van der Waals surface area contributed by atoms with E-state index in [1.807, 2.05) is 38.1 Å². The second-order valence-electron chi connectivity index (χ2n) is 5.66. The van der Waals surface area contributed by atoms with E-state index in [9.17, 15) is 4.79 Å². The van der Waals surface area contributed by atoms with Gasteiger partial charge in [0.2, 0.25) is 5.91 Å². The molecule has 0 saturated carbocycles. The maximum absolute atomic E-state index is 11.8. The molecule has 1 aromatic carbocycles. The lowest BCUT2D eigenvalue weighted by Gasteiger charge is -2.13. The van der Waals surface area contributed by atoms with E-state index >= 15 is 0 Å². The van der Waals surface area contributed by atoms with Gasteiger partial charge < -0.3 is 16.0 Å². The number of rotatable bonds is 9. The summed E-state index contributed by atoms with van der Waals surface area (Å²) in [5.74, 6) is 0.765. The van der Waals surface area contributed by atoms with Gasteiger partial charge in [0.1, 0.15) is 0 Å². The Morgan fingerprint density at radius 2 is 2.00 bits per heavy atom. The fourth-order valence-corrected chi connectivity index (χ4v) is 2.31. The maximum Gasteiger partial charge on any atom is 0.222 e. The van der Waals surface area contributed by atoms with E-state index in [-0.39, 0.29) is 11.9 Å². The number of aliphatic imine (C=N–C) groups is 1. The van der Waals surface area contributed by atoms with Gasteiger partial charge in [-0.1, -0.05) is 36.7 Å². The molecular formula is C18H29ClN4O. The largest absolute Gasteiger partial charge is 0.357 e. The molecule has 0 aliphatic carbocycles. The van der Waals surface area contributed by atoms with Crippen molar-refractivity contribution in [3.8, 4) is 0 Å². The number of nitrogens with one attached hydrogen (secondary N) is 3. The van der Waals surface area contributed by atoms with Crippen LogP contribution in [0.15, 0.2) is 29.3 Å². The Kier molecular flexibility index (Phi) is 9.92. The summed E-state index contributed by atoms with van der Waals surface area (Å²) in [7, 11) is 0. The molecule has 1 atom stereocenters. The van der Waals surface area contributed by atoms with Crippen LogP contribution in [-0.4, -0.2) is 37.5 Å². The quantitative estimate of drug-likeness (QED) is 0.473. The van der Waals surface area contributed by atoms with Crippen LogP contribution in [0.25, 0.3) is 0 Å². The molecule has 0 aromatic heterocycles. The molecule has 1 aromatic rings. The van der Waals surface area contributed by atoms with Crippen LogP contribution in [0.1, 0.15) is 39.2 Å². The van der Waals surface area contributed by atoms with Crippen LogP contribution in [0.3, 0.4) is 0 Å². The van der Waals surface area contributed by atoms with Gasteiger partial charge in [-0.3, -0.25) is 9.79 Å². The van der Waals surface area contributed by atoms with Crippen LogP contribution in [0.5, 0.6) is 0 Å². The van der Waals surface area contributed by atoms with Crippen molar-refractivity contribution in [2.75, 3.05) is 19.6 Å². The minimum absolute atomic E-state index is 0.0417. The third-order valence-corrected chi connectivity index (χ3v) is 3.99. The van der Waals surface area contributed by atoms with Crippen LogP contribution in [0, 0.1) is 0 Å². The molecular weight excluding hydrogens is 324 g/mol. The Labute approximate surface area is 150 Å². The highest BCUT2D eigenvalue weighted by atomic mass is 35.5. The summed E-state index contributed by atoms with van der Waals surface area (Å²) < 4.78 is 0. The average Bonchev–Trinajstić information content (AvgIpc) is 2.56. The highest BCUT2D eigenvalue weighted by molar-refractivity contribution is 6.31. The zero-order chi connectivity index (χ0) is 17.8. The molecule has 1 unspecified atom stereocenters. The smallest absolute Gasteiger partial charge is 0.222 e. The van der Waals surface area contributed by atoms with Crippen molar-refractivity contribution >= 4 is 23.5 Å². The number of hydrogen-bond donors (Lipinski definition) is 3. The molecule has 0 aliphatic heterocycles. The highest BCUT2D eigenvalue weighted by Gasteiger charge is 2.05. The number of halogens is 1. The van der Waals surface area contributed by atoms with Crippen molar-refractivity contribution in [3.05, 3.63) is 34.9 Å². The van der Waals surface area contributed by atoms with Crippen molar-refractivity contribution in [2.45, 2.75) is 46.1 Å². The van der Waals surface area contributed by atoms with Crippen molar-refractivity contribution in [1.29, 1.82) is 0 Å². The molecule has 5 nitrogen and oxygen atoms in total. The number of benzene rings is 1. The molecule has 0 bridgehead atoms. The van der Waals surface area contributed by atoms with Crippen molar-refractivity contribution in [2.24, 2.45) is 4.99 Å². The summed E-state index contributed by atoms with van der Waals surface area (Å²) >= 11 is 6.15. The number of guanidine groups is 1. The monoisotopic (exact) mass is 352 g/mol. The first-order valence-electron chi connectivity index (χ1n) is 8.61. The van der Waals surface area contributed by atoms with E-state index < -0.39 is 0 Å². The summed E-state index contributed by atoms with van der Waals surface area (Å²) in [5, 5.41) is 10.2. The molecule has 0 heterocycles. The Morgan fingerprint density at radius 3 is 2.67 bits per heavy atom. The maximum atomic E-state index is 11.8. The van der Waals surface area contributed by atoms with Crippen molar-refractivity contribution in [3.63, 3.8) is 0 Å². The number of carbonyl (C=O) groups is 1. The SMILES string of the molecule is CCNC(=NCCC(=O)NC(C)CC)NCCc1ccccc1Cl. The molecule has 1 rings (SSSR count). The molecule has 0 aliphatic rings. The van der Waals surface area contributed by atoms with Gasteiger partial charge in [0, 0.05) is 30.6 Å². The van der Waals surface area contributed by atoms with E-state index in [1.165, 1.54) is 0 Å². The standard InChI is InChI=1S/C18H29ClN4O/c1-4-14(3)23-17(24)11-13-22-18(20-5-2)21-12-10-15-8-6-7-9-16(15)19/h6-9,14H,4-5,10-13H2,1-3H3,(H,23,24)(H2,20,21,22). The van der Waals surface area contributed by atoms with Gasteiger partial charge in [0.05, 0.1) is 6.54 Å². The molecule has 6 heteroatoms. The molecule has 134 valence electrons. The Morgan fingerprint density at radius 1 is 1.25 bits per heavy atom. The number of nitrogens with zero attached hydrogens (tertiary/aromatic N) is 1. The van der Waals surface area contributed by atoms with Crippen LogP contribution >= 0.6 is 11.6 Å². The molecule has 0 fully saturated rings.